The van der Waals surface area contributed by atoms with Crippen LogP contribution >= 0.6 is 0 Å². The fourth-order valence-electron chi connectivity index (χ4n) is 3.27. The standard InChI is InChI=1S/C16H20F2N2O2/c1-10-14-6-11(17)7-15(18)13(14)2-4-20(10)16(21)8-12-9-22-5-3-19-12/h6-7,10,12,19H,2-5,8-9H2,1H3/t10-,12+/m1/s1. The number of morpholine rings is 1. The molecule has 1 fully saturated rings. The van der Waals surface area contributed by atoms with Crippen LogP contribution in [0.3, 0.4) is 0 Å². The molecule has 0 spiro atoms. The Morgan fingerprint density at radius 3 is 3.00 bits per heavy atom. The molecule has 1 saturated heterocycles. The minimum Gasteiger partial charge on any atom is -0.378 e. The molecule has 0 aromatic heterocycles. The molecule has 1 amide bonds. The van der Waals surface area contributed by atoms with Gasteiger partial charge < -0.3 is 15.0 Å². The number of hydrogen-bond donors (Lipinski definition) is 1. The molecule has 0 radical (unpaired) electrons. The maximum absolute atomic E-state index is 13.8. The summed E-state index contributed by atoms with van der Waals surface area (Å²) in [5.74, 6) is -1.12. The van der Waals surface area contributed by atoms with Crippen molar-refractivity contribution in [1.29, 1.82) is 0 Å². The molecule has 2 atom stereocenters. The number of hydrogen-bond acceptors (Lipinski definition) is 3. The van der Waals surface area contributed by atoms with Crippen LogP contribution < -0.4 is 5.32 Å². The highest BCUT2D eigenvalue weighted by atomic mass is 19.1. The van der Waals surface area contributed by atoms with Gasteiger partial charge in [-0.15, -0.1) is 0 Å². The Morgan fingerprint density at radius 1 is 1.45 bits per heavy atom. The number of halogens is 2. The highest BCUT2D eigenvalue weighted by Crippen LogP contribution is 2.32. The summed E-state index contributed by atoms with van der Waals surface area (Å²) in [5.41, 5.74) is 1.10. The van der Waals surface area contributed by atoms with E-state index in [4.69, 9.17) is 4.74 Å². The lowest BCUT2D eigenvalue weighted by atomic mass is 9.92. The van der Waals surface area contributed by atoms with Gasteiger partial charge in [-0.3, -0.25) is 4.79 Å². The van der Waals surface area contributed by atoms with Crippen LogP contribution in [-0.2, 0) is 16.0 Å². The lowest BCUT2D eigenvalue weighted by molar-refractivity contribution is -0.135. The number of carbonyl (C=O) groups is 1. The minimum absolute atomic E-state index is 0.00850. The van der Waals surface area contributed by atoms with Gasteiger partial charge in [0.15, 0.2) is 0 Å². The fraction of sp³-hybridized carbons (Fsp3) is 0.562. The van der Waals surface area contributed by atoms with Crippen molar-refractivity contribution in [1.82, 2.24) is 10.2 Å². The smallest absolute Gasteiger partial charge is 0.224 e. The van der Waals surface area contributed by atoms with E-state index in [9.17, 15) is 13.6 Å². The van der Waals surface area contributed by atoms with Crippen molar-refractivity contribution in [2.24, 2.45) is 0 Å². The molecular weight excluding hydrogens is 290 g/mol. The molecule has 0 aliphatic carbocycles. The molecule has 1 aromatic carbocycles. The van der Waals surface area contributed by atoms with Gasteiger partial charge in [0.1, 0.15) is 11.6 Å². The van der Waals surface area contributed by atoms with Crippen molar-refractivity contribution in [2.75, 3.05) is 26.3 Å². The number of fused-ring (bicyclic) bond motifs is 1. The van der Waals surface area contributed by atoms with Crippen LogP contribution in [0.5, 0.6) is 0 Å². The van der Waals surface area contributed by atoms with Gasteiger partial charge in [0, 0.05) is 31.6 Å². The molecule has 1 aromatic rings. The number of amides is 1. The van der Waals surface area contributed by atoms with Gasteiger partial charge in [0.2, 0.25) is 5.91 Å². The maximum Gasteiger partial charge on any atom is 0.224 e. The Bertz CT molecular complexity index is 574. The van der Waals surface area contributed by atoms with Crippen LogP contribution in [0, 0.1) is 11.6 Å². The summed E-state index contributed by atoms with van der Waals surface area (Å²) in [4.78, 5) is 14.2. The Morgan fingerprint density at radius 2 is 2.27 bits per heavy atom. The highest BCUT2D eigenvalue weighted by molar-refractivity contribution is 5.77. The van der Waals surface area contributed by atoms with Gasteiger partial charge in [0.25, 0.3) is 0 Å². The normalized spacial score (nSPS) is 25.0. The first-order chi connectivity index (χ1) is 10.6. The number of benzene rings is 1. The zero-order chi connectivity index (χ0) is 15.7. The summed E-state index contributed by atoms with van der Waals surface area (Å²) in [6.45, 7) is 4.21. The zero-order valence-electron chi connectivity index (χ0n) is 12.6. The minimum atomic E-state index is -0.597. The third-order valence-corrected chi connectivity index (χ3v) is 4.45. The molecule has 4 nitrogen and oxygen atoms in total. The van der Waals surface area contributed by atoms with Gasteiger partial charge in [-0.05, 0) is 30.5 Å². The molecule has 1 N–H and O–H groups in total. The third kappa shape index (κ3) is 2.98. The average Bonchev–Trinajstić information content (AvgIpc) is 2.49. The Hall–Kier alpha value is -1.53. The van der Waals surface area contributed by atoms with Crippen LogP contribution in [0.15, 0.2) is 12.1 Å². The predicted molar refractivity (Wildman–Crippen MR) is 77.4 cm³/mol. The van der Waals surface area contributed by atoms with Gasteiger partial charge in [-0.25, -0.2) is 8.78 Å². The summed E-state index contributed by atoms with van der Waals surface area (Å²) in [7, 11) is 0. The third-order valence-electron chi connectivity index (χ3n) is 4.45. The predicted octanol–water partition coefficient (Wildman–Crippen LogP) is 1.79. The van der Waals surface area contributed by atoms with E-state index in [0.717, 1.165) is 12.6 Å². The lowest BCUT2D eigenvalue weighted by Gasteiger charge is -2.36. The number of carbonyl (C=O) groups excluding carboxylic acids is 1. The molecular formula is C16H20F2N2O2. The maximum atomic E-state index is 13.8. The molecule has 22 heavy (non-hydrogen) atoms. The fourth-order valence-corrected chi connectivity index (χ4v) is 3.27. The van der Waals surface area contributed by atoms with E-state index in [-0.39, 0.29) is 18.0 Å². The Balaban J connectivity index is 1.74. The van der Waals surface area contributed by atoms with Gasteiger partial charge in [0.05, 0.1) is 19.3 Å². The molecule has 6 heteroatoms. The van der Waals surface area contributed by atoms with E-state index < -0.39 is 11.6 Å². The van der Waals surface area contributed by atoms with E-state index in [1.807, 2.05) is 6.92 Å². The van der Waals surface area contributed by atoms with E-state index in [2.05, 4.69) is 5.32 Å². The summed E-state index contributed by atoms with van der Waals surface area (Å²) in [5, 5.41) is 3.25. The van der Waals surface area contributed by atoms with Crippen LogP contribution in [0.2, 0.25) is 0 Å². The van der Waals surface area contributed by atoms with Gasteiger partial charge in [-0.2, -0.15) is 0 Å². The number of rotatable bonds is 2. The van der Waals surface area contributed by atoms with E-state index in [1.54, 1.807) is 4.90 Å². The highest BCUT2D eigenvalue weighted by Gasteiger charge is 2.31. The summed E-state index contributed by atoms with van der Waals surface area (Å²) in [6, 6.07) is 1.95. The van der Waals surface area contributed by atoms with E-state index >= 15 is 0 Å². The van der Waals surface area contributed by atoms with Crippen LogP contribution in [0.4, 0.5) is 8.78 Å². The largest absolute Gasteiger partial charge is 0.378 e. The van der Waals surface area contributed by atoms with Gasteiger partial charge >= 0.3 is 0 Å². The van der Waals surface area contributed by atoms with Crippen molar-refractivity contribution in [3.63, 3.8) is 0 Å². The number of nitrogens with zero attached hydrogens (tertiary/aromatic N) is 1. The van der Waals surface area contributed by atoms with Crippen molar-refractivity contribution < 1.29 is 18.3 Å². The quantitative estimate of drug-likeness (QED) is 0.905. The summed E-state index contributed by atoms with van der Waals surface area (Å²) < 4.78 is 32.6. The van der Waals surface area contributed by atoms with Crippen molar-refractivity contribution in [3.05, 3.63) is 34.9 Å². The second-order valence-electron chi connectivity index (χ2n) is 5.90. The first kappa shape index (κ1) is 15.4. The average molecular weight is 310 g/mol. The second kappa shape index (κ2) is 6.30. The first-order valence-corrected chi connectivity index (χ1v) is 7.64. The molecule has 0 saturated carbocycles. The molecule has 2 aliphatic heterocycles. The molecule has 0 bridgehead atoms. The van der Waals surface area contributed by atoms with Crippen LogP contribution in [0.25, 0.3) is 0 Å². The molecule has 120 valence electrons. The molecule has 0 unspecified atom stereocenters. The Labute approximate surface area is 128 Å². The second-order valence-corrected chi connectivity index (χ2v) is 5.90. The molecule has 2 heterocycles. The summed E-state index contributed by atoms with van der Waals surface area (Å²) in [6.07, 6.45) is 0.767. The van der Waals surface area contributed by atoms with Crippen LogP contribution in [-0.4, -0.2) is 43.2 Å². The SMILES string of the molecule is C[C@@H]1c2cc(F)cc(F)c2CCN1C(=O)C[C@H]1COCCN1. The monoisotopic (exact) mass is 310 g/mol. The van der Waals surface area contributed by atoms with Crippen molar-refractivity contribution in [3.8, 4) is 0 Å². The number of ether oxygens (including phenoxy) is 1. The summed E-state index contributed by atoms with van der Waals surface area (Å²) >= 11 is 0. The topological polar surface area (TPSA) is 41.6 Å². The first-order valence-electron chi connectivity index (χ1n) is 7.64. The Kier molecular flexibility index (Phi) is 4.40. The molecule has 2 aliphatic rings. The van der Waals surface area contributed by atoms with E-state index in [0.29, 0.717) is 43.7 Å². The van der Waals surface area contributed by atoms with Crippen LogP contribution in [0.1, 0.15) is 30.5 Å². The lowest BCUT2D eigenvalue weighted by Crippen LogP contribution is -2.46. The zero-order valence-corrected chi connectivity index (χ0v) is 12.6. The molecule has 3 rings (SSSR count). The number of nitrogens with one attached hydrogen (secondary N) is 1. The van der Waals surface area contributed by atoms with Crippen molar-refractivity contribution in [2.45, 2.75) is 31.8 Å². The van der Waals surface area contributed by atoms with Crippen molar-refractivity contribution >= 4 is 5.91 Å². The van der Waals surface area contributed by atoms with E-state index in [1.165, 1.54) is 6.07 Å². The van der Waals surface area contributed by atoms with Gasteiger partial charge in [-0.1, -0.05) is 0 Å².